The fraction of sp³-hybridized carbons (Fsp3) is 0.174. The quantitative estimate of drug-likeness (QED) is 0.496. The van der Waals surface area contributed by atoms with Crippen LogP contribution in [-0.4, -0.2) is 20.3 Å². The summed E-state index contributed by atoms with van der Waals surface area (Å²) in [5, 5.41) is 0.924. The standard InChI is InChI=1S/C23H22N4O/c1-2-16(17-7-4-3-5-8-17)15-21(28)19-9-6-10-20-18(19)12-14-27(20)22-11-13-25-23(24)26-22/h3-14,16H,2,15H2,1H3,(H2,24,25,26)/t16-/m1/s1. The highest BCUT2D eigenvalue weighted by Crippen LogP contribution is 2.28. The summed E-state index contributed by atoms with van der Waals surface area (Å²) in [6, 6.07) is 19.8. The van der Waals surface area contributed by atoms with Crippen LogP contribution in [0.3, 0.4) is 0 Å². The molecule has 5 nitrogen and oxygen atoms in total. The molecule has 2 aromatic carbocycles. The molecule has 2 aromatic heterocycles. The molecule has 0 aliphatic carbocycles. The highest BCUT2D eigenvalue weighted by atomic mass is 16.1. The summed E-state index contributed by atoms with van der Waals surface area (Å²) < 4.78 is 1.93. The highest BCUT2D eigenvalue weighted by molar-refractivity contribution is 6.08. The van der Waals surface area contributed by atoms with Crippen molar-refractivity contribution < 1.29 is 4.79 Å². The molecule has 1 atom stereocenters. The summed E-state index contributed by atoms with van der Waals surface area (Å²) in [5.74, 6) is 1.28. The van der Waals surface area contributed by atoms with Crippen molar-refractivity contribution in [2.45, 2.75) is 25.7 Å². The fourth-order valence-electron chi connectivity index (χ4n) is 3.67. The number of ketones is 1. The number of carbonyl (C=O) groups is 1. The minimum absolute atomic E-state index is 0.154. The van der Waals surface area contributed by atoms with Crippen molar-refractivity contribution in [3.8, 4) is 5.82 Å². The number of nitrogen functional groups attached to an aromatic ring is 1. The first kappa shape index (κ1) is 17.9. The summed E-state index contributed by atoms with van der Waals surface area (Å²) in [4.78, 5) is 21.4. The number of Topliss-reactive ketones (excluding diaryl/α,β-unsaturated/α-hetero) is 1. The third-order valence-electron chi connectivity index (χ3n) is 5.14. The molecule has 140 valence electrons. The van der Waals surface area contributed by atoms with Crippen molar-refractivity contribution in [3.05, 3.63) is 84.2 Å². The molecular weight excluding hydrogens is 348 g/mol. The van der Waals surface area contributed by atoms with Crippen LogP contribution in [0.4, 0.5) is 5.95 Å². The van der Waals surface area contributed by atoms with Crippen molar-refractivity contribution >= 4 is 22.6 Å². The van der Waals surface area contributed by atoms with E-state index in [0.717, 1.165) is 22.9 Å². The summed E-state index contributed by atoms with van der Waals surface area (Å²) in [6.07, 6.45) is 4.96. The maximum Gasteiger partial charge on any atom is 0.221 e. The van der Waals surface area contributed by atoms with Gasteiger partial charge in [-0.1, -0.05) is 49.4 Å². The van der Waals surface area contributed by atoms with Crippen molar-refractivity contribution in [2.24, 2.45) is 0 Å². The molecule has 0 aliphatic heterocycles. The van der Waals surface area contributed by atoms with E-state index in [9.17, 15) is 4.79 Å². The van der Waals surface area contributed by atoms with Gasteiger partial charge in [0.15, 0.2) is 5.78 Å². The van der Waals surface area contributed by atoms with Gasteiger partial charge in [-0.25, -0.2) is 4.98 Å². The van der Waals surface area contributed by atoms with E-state index in [1.165, 1.54) is 5.56 Å². The van der Waals surface area contributed by atoms with Gasteiger partial charge < -0.3 is 10.3 Å². The van der Waals surface area contributed by atoms with Gasteiger partial charge in [-0.3, -0.25) is 4.79 Å². The van der Waals surface area contributed by atoms with E-state index in [0.29, 0.717) is 12.2 Å². The van der Waals surface area contributed by atoms with Gasteiger partial charge in [-0.05, 0) is 36.1 Å². The van der Waals surface area contributed by atoms with Gasteiger partial charge in [0.1, 0.15) is 5.82 Å². The Morgan fingerprint density at radius 1 is 1.07 bits per heavy atom. The topological polar surface area (TPSA) is 73.8 Å². The molecule has 0 amide bonds. The van der Waals surface area contributed by atoms with Crippen LogP contribution in [0.2, 0.25) is 0 Å². The molecule has 0 bridgehead atoms. The summed E-state index contributed by atoms with van der Waals surface area (Å²) in [7, 11) is 0. The maximum absolute atomic E-state index is 13.1. The summed E-state index contributed by atoms with van der Waals surface area (Å²) in [6.45, 7) is 2.13. The Bertz CT molecular complexity index is 1120. The predicted octanol–water partition coefficient (Wildman–Crippen LogP) is 4.77. The molecule has 0 unspecified atom stereocenters. The molecule has 0 aliphatic rings. The smallest absolute Gasteiger partial charge is 0.221 e. The molecule has 0 saturated carbocycles. The number of hydrogen-bond acceptors (Lipinski definition) is 4. The maximum atomic E-state index is 13.1. The minimum Gasteiger partial charge on any atom is -0.368 e. The average molecular weight is 370 g/mol. The normalized spacial score (nSPS) is 12.2. The van der Waals surface area contributed by atoms with Gasteiger partial charge in [0.2, 0.25) is 5.95 Å². The Morgan fingerprint density at radius 2 is 1.89 bits per heavy atom. The Balaban J connectivity index is 1.68. The number of rotatable bonds is 6. The largest absolute Gasteiger partial charge is 0.368 e. The van der Waals surface area contributed by atoms with Crippen LogP contribution in [-0.2, 0) is 0 Å². The number of hydrogen-bond donors (Lipinski definition) is 1. The zero-order valence-electron chi connectivity index (χ0n) is 15.7. The van der Waals surface area contributed by atoms with Crippen LogP contribution in [0.15, 0.2) is 73.1 Å². The fourth-order valence-corrected chi connectivity index (χ4v) is 3.67. The van der Waals surface area contributed by atoms with Crippen molar-refractivity contribution in [1.82, 2.24) is 14.5 Å². The Labute approximate surface area is 163 Å². The number of aromatic nitrogens is 3. The summed E-state index contributed by atoms with van der Waals surface area (Å²) in [5.41, 5.74) is 8.60. The van der Waals surface area contributed by atoms with E-state index in [1.54, 1.807) is 12.3 Å². The Morgan fingerprint density at radius 3 is 2.64 bits per heavy atom. The average Bonchev–Trinajstić information content (AvgIpc) is 3.16. The molecule has 4 aromatic rings. The van der Waals surface area contributed by atoms with Crippen LogP contribution in [0.1, 0.15) is 41.6 Å². The monoisotopic (exact) mass is 370 g/mol. The van der Waals surface area contributed by atoms with E-state index in [4.69, 9.17) is 5.73 Å². The van der Waals surface area contributed by atoms with Gasteiger partial charge in [0.05, 0.1) is 5.52 Å². The lowest BCUT2D eigenvalue weighted by atomic mass is 9.89. The minimum atomic E-state index is 0.154. The number of anilines is 1. The Hall–Kier alpha value is -3.47. The van der Waals surface area contributed by atoms with E-state index >= 15 is 0 Å². The molecule has 2 N–H and O–H groups in total. The van der Waals surface area contributed by atoms with Crippen molar-refractivity contribution in [2.75, 3.05) is 5.73 Å². The lowest BCUT2D eigenvalue weighted by Crippen LogP contribution is -2.07. The second-order valence-corrected chi connectivity index (χ2v) is 6.84. The van der Waals surface area contributed by atoms with Crippen LogP contribution in [0, 0.1) is 0 Å². The molecule has 0 radical (unpaired) electrons. The lowest BCUT2D eigenvalue weighted by Gasteiger charge is -2.15. The molecule has 2 heterocycles. The van der Waals surface area contributed by atoms with Crippen LogP contribution in [0.25, 0.3) is 16.7 Å². The van der Waals surface area contributed by atoms with E-state index in [1.807, 2.05) is 53.2 Å². The highest BCUT2D eigenvalue weighted by Gasteiger charge is 2.18. The van der Waals surface area contributed by atoms with Gasteiger partial charge in [-0.15, -0.1) is 0 Å². The van der Waals surface area contributed by atoms with E-state index < -0.39 is 0 Å². The first-order chi connectivity index (χ1) is 13.7. The second kappa shape index (κ2) is 7.64. The number of carbonyl (C=O) groups excluding carboxylic acids is 1. The van der Waals surface area contributed by atoms with E-state index in [-0.39, 0.29) is 17.6 Å². The molecule has 0 spiro atoms. The molecule has 0 fully saturated rings. The number of fused-ring (bicyclic) bond motifs is 1. The first-order valence-corrected chi connectivity index (χ1v) is 9.44. The third-order valence-corrected chi connectivity index (χ3v) is 5.14. The number of benzene rings is 2. The predicted molar refractivity (Wildman–Crippen MR) is 112 cm³/mol. The van der Waals surface area contributed by atoms with Crippen LogP contribution >= 0.6 is 0 Å². The Kier molecular flexibility index (Phi) is 4.89. The van der Waals surface area contributed by atoms with Gasteiger partial charge in [0, 0.05) is 29.8 Å². The zero-order valence-corrected chi connectivity index (χ0v) is 15.7. The lowest BCUT2D eigenvalue weighted by molar-refractivity contribution is 0.0974. The first-order valence-electron chi connectivity index (χ1n) is 9.44. The molecule has 0 saturated heterocycles. The van der Waals surface area contributed by atoms with E-state index in [2.05, 4.69) is 29.0 Å². The van der Waals surface area contributed by atoms with Gasteiger partial charge in [-0.2, -0.15) is 4.98 Å². The van der Waals surface area contributed by atoms with Gasteiger partial charge >= 0.3 is 0 Å². The van der Waals surface area contributed by atoms with Crippen molar-refractivity contribution in [1.29, 1.82) is 0 Å². The summed E-state index contributed by atoms with van der Waals surface area (Å²) >= 11 is 0. The van der Waals surface area contributed by atoms with Crippen LogP contribution < -0.4 is 5.73 Å². The third kappa shape index (κ3) is 3.39. The number of nitrogens with zero attached hydrogens (tertiary/aromatic N) is 3. The SMILES string of the molecule is CC[C@H](CC(=O)c1cccc2c1ccn2-c1ccnc(N)n1)c1ccccc1. The molecule has 4 rings (SSSR count). The molecular formula is C23H22N4O. The molecule has 5 heteroatoms. The number of nitrogens with two attached hydrogens (primary N) is 1. The van der Waals surface area contributed by atoms with Crippen molar-refractivity contribution in [3.63, 3.8) is 0 Å². The molecule has 28 heavy (non-hydrogen) atoms. The zero-order chi connectivity index (χ0) is 19.5. The second-order valence-electron chi connectivity index (χ2n) is 6.84. The van der Waals surface area contributed by atoms with Gasteiger partial charge in [0.25, 0.3) is 0 Å². The van der Waals surface area contributed by atoms with Crippen LogP contribution in [0.5, 0.6) is 0 Å².